The predicted molar refractivity (Wildman–Crippen MR) is 210 cm³/mol. The molecule has 0 rings (SSSR count). The van der Waals surface area contributed by atoms with Crippen LogP contribution in [0.1, 0.15) is 240 Å². The van der Waals surface area contributed by atoms with E-state index in [0.29, 0.717) is 19.3 Å². The van der Waals surface area contributed by atoms with E-state index in [1.807, 2.05) is 0 Å². The summed E-state index contributed by atoms with van der Waals surface area (Å²) in [6, 6.07) is 0. The number of carbonyl (C=O) groups excluding carboxylic acids is 3. The molecule has 0 saturated carbocycles. The van der Waals surface area contributed by atoms with Gasteiger partial charge in [0.05, 0.1) is 0 Å². The van der Waals surface area contributed by atoms with Gasteiger partial charge < -0.3 is 14.2 Å². The molecule has 6 heteroatoms. The van der Waals surface area contributed by atoms with Crippen LogP contribution in [0.15, 0.2) is 0 Å². The van der Waals surface area contributed by atoms with Gasteiger partial charge in [-0.2, -0.15) is 0 Å². The van der Waals surface area contributed by atoms with Crippen LogP contribution in [0.5, 0.6) is 0 Å². The van der Waals surface area contributed by atoms with Gasteiger partial charge in [0, 0.05) is 19.3 Å². The number of hydrogen-bond donors (Lipinski definition) is 0. The zero-order valence-corrected chi connectivity index (χ0v) is 33.9. The molecule has 0 heterocycles. The molecule has 0 aliphatic heterocycles. The van der Waals surface area contributed by atoms with Gasteiger partial charge in [0.15, 0.2) is 6.10 Å². The lowest BCUT2D eigenvalue weighted by Gasteiger charge is -2.18. The van der Waals surface area contributed by atoms with E-state index in [4.69, 9.17) is 14.2 Å². The maximum atomic E-state index is 12.6. The van der Waals surface area contributed by atoms with Crippen LogP contribution in [0.25, 0.3) is 0 Å². The lowest BCUT2D eigenvalue weighted by Crippen LogP contribution is -2.30. The third-order valence-electron chi connectivity index (χ3n) is 9.79. The van der Waals surface area contributed by atoms with Crippen LogP contribution in [-0.2, 0) is 28.6 Å². The van der Waals surface area contributed by atoms with Crippen LogP contribution >= 0.6 is 0 Å². The van der Waals surface area contributed by atoms with Gasteiger partial charge in [-0.25, -0.2) is 0 Å². The van der Waals surface area contributed by atoms with Crippen molar-refractivity contribution in [1.29, 1.82) is 0 Å². The minimum absolute atomic E-state index is 0.0650. The molecule has 50 heavy (non-hydrogen) atoms. The van der Waals surface area contributed by atoms with Crippen molar-refractivity contribution in [3.63, 3.8) is 0 Å². The summed E-state index contributed by atoms with van der Waals surface area (Å²) in [6.45, 7) is 8.91. The Morgan fingerprint density at radius 1 is 0.380 bits per heavy atom. The van der Waals surface area contributed by atoms with Gasteiger partial charge in [-0.1, -0.05) is 201 Å². The van der Waals surface area contributed by atoms with Crippen LogP contribution in [-0.4, -0.2) is 37.2 Å². The van der Waals surface area contributed by atoms with Gasteiger partial charge in [0.25, 0.3) is 0 Å². The van der Waals surface area contributed by atoms with Gasteiger partial charge in [-0.15, -0.1) is 0 Å². The zero-order valence-electron chi connectivity index (χ0n) is 33.9. The van der Waals surface area contributed by atoms with E-state index in [9.17, 15) is 14.4 Å². The van der Waals surface area contributed by atoms with Crippen molar-refractivity contribution in [1.82, 2.24) is 0 Å². The Labute approximate surface area is 310 Å². The van der Waals surface area contributed by atoms with Crippen LogP contribution in [0.4, 0.5) is 0 Å². The summed E-state index contributed by atoms with van der Waals surface area (Å²) in [5.74, 6) is -0.0271. The van der Waals surface area contributed by atoms with Crippen molar-refractivity contribution in [2.24, 2.45) is 5.92 Å². The van der Waals surface area contributed by atoms with E-state index >= 15 is 0 Å². The molecule has 0 saturated heterocycles. The molecule has 6 nitrogen and oxygen atoms in total. The zero-order chi connectivity index (χ0) is 36.8. The van der Waals surface area contributed by atoms with Gasteiger partial charge in [-0.05, 0) is 25.2 Å². The summed E-state index contributed by atoms with van der Waals surface area (Å²) in [5, 5.41) is 0. The maximum absolute atomic E-state index is 12.6. The average Bonchev–Trinajstić information content (AvgIpc) is 3.09. The molecule has 0 unspecified atom stereocenters. The van der Waals surface area contributed by atoms with E-state index in [2.05, 4.69) is 27.7 Å². The molecular formula is C44H84O6. The van der Waals surface area contributed by atoms with Gasteiger partial charge in [0.1, 0.15) is 13.2 Å². The highest BCUT2D eigenvalue weighted by atomic mass is 16.6. The first-order chi connectivity index (χ1) is 24.4. The predicted octanol–water partition coefficient (Wildman–Crippen LogP) is 13.6. The van der Waals surface area contributed by atoms with Crippen LogP contribution < -0.4 is 0 Å². The first-order valence-corrected chi connectivity index (χ1v) is 21.9. The number of ether oxygens (including phenoxy) is 3. The molecule has 0 aromatic carbocycles. The molecule has 0 radical (unpaired) electrons. The second-order valence-electron chi connectivity index (χ2n) is 15.5. The largest absolute Gasteiger partial charge is 0.462 e. The standard InChI is InChI=1S/C44H84O6/c1-5-7-9-11-12-13-21-25-29-33-37-44(47)50-41(38-48-42(45)35-31-26-10-8-6-2)39-49-43(46)36-32-28-24-22-19-17-15-14-16-18-20-23-27-30-34-40(3)4/h40-41H,5-39H2,1-4H3/t41-/m0/s1. The molecule has 0 aliphatic rings. The van der Waals surface area contributed by atoms with E-state index in [0.717, 1.165) is 70.1 Å². The summed E-state index contributed by atoms with van der Waals surface area (Å²) in [4.78, 5) is 37.3. The van der Waals surface area contributed by atoms with Crippen molar-refractivity contribution in [2.45, 2.75) is 246 Å². The first kappa shape index (κ1) is 48.4. The Kier molecular flexibility index (Phi) is 37.4. The van der Waals surface area contributed by atoms with Crippen molar-refractivity contribution in [3.05, 3.63) is 0 Å². The molecular weight excluding hydrogens is 624 g/mol. The summed E-state index contributed by atoms with van der Waals surface area (Å²) in [5.41, 5.74) is 0. The Morgan fingerprint density at radius 3 is 0.980 bits per heavy atom. The maximum Gasteiger partial charge on any atom is 0.306 e. The average molecular weight is 709 g/mol. The highest BCUT2D eigenvalue weighted by molar-refractivity contribution is 5.71. The first-order valence-electron chi connectivity index (χ1n) is 21.9. The molecule has 0 N–H and O–H groups in total. The Morgan fingerprint density at radius 2 is 0.660 bits per heavy atom. The molecule has 1 atom stereocenters. The van der Waals surface area contributed by atoms with Gasteiger partial charge in [-0.3, -0.25) is 14.4 Å². The Hall–Kier alpha value is -1.59. The quantitative estimate of drug-likeness (QED) is 0.0359. The van der Waals surface area contributed by atoms with E-state index in [-0.39, 0.29) is 31.1 Å². The SMILES string of the molecule is CCCCCCCCCCCCC(=O)O[C@@H](COC(=O)CCCCCCC)COC(=O)CCCCCCCCCCCCCCCCC(C)C. The fraction of sp³-hybridized carbons (Fsp3) is 0.932. The topological polar surface area (TPSA) is 78.9 Å². The summed E-state index contributed by atoms with van der Waals surface area (Å²) >= 11 is 0. The minimum atomic E-state index is -0.756. The second kappa shape index (κ2) is 38.6. The van der Waals surface area contributed by atoms with Crippen molar-refractivity contribution in [3.8, 4) is 0 Å². The minimum Gasteiger partial charge on any atom is -0.462 e. The highest BCUT2D eigenvalue weighted by Gasteiger charge is 2.19. The summed E-state index contributed by atoms with van der Waals surface area (Å²) in [6.07, 6.45) is 36.9. The molecule has 0 fully saturated rings. The van der Waals surface area contributed by atoms with E-state index in [1.165, 1.54) is 128 Å². The van der Waals surface area contributed by atoms with Crippen molar-refractivity contribution in [2.75, 3.05) is 13.2 Å². The van der Waals surface area contributed by atoms with E-state index in [1.54, 1.807) is 0 Å². The normalized spacial score (nSPS) is 11.9. The lowest BCUT2D eigenvalue weighted by atomic mass is 10.0. The summed E-state index contributed by atoms with van der Waals surface area (Å²) in [7, 11) is 0. The number of rotatable bonds is 39. The fourth-order valence-electron chi connectivity index (χ4n) is 6.45. The molecule has 0 spiro atoms. The van der Waals surface area contributed by atoms with Crippen LogP contribution in [0.3, 0.4) is 0 Å². The molecule has 0 aromatic heterocycles. The van der Waals surface area contributed by atoms with Crippen molar-refractivity contribution >= 4 is 17.9 Å². The molecule has 0 aromatic rings. The number of unbranched alkanes of at least 4 members (excludes halogenated alkanes) is 26. The third kappa shape index (κ3) is 37.7. The number of hydrogen-bond acceptors (Lipinski definition) is 6. The Balaban J connectivity index is 4.14. The molecule has 296 valence electrons. The fourth-order valence-corrected chi connectivity index (χ4v) is 6.45. The number of esters is 3. The molecule has 0 bridgehead atoms. The smallest absolute Gasteiger partial charge is 0.306 e. The van der Waals surface area contributed by atoms with Crippen molar-refractivity contribution < 1.29 is 28.6 Å². The van der Waals surface area contributed by atoms with E-state index < -0.39 is 6.10 Å². The highest BCUT2D eigenvalue weighted by Crippen LogP contribution is 2.16. The summed E-state index contributed by atoms with van der Waals surface area (Å²) < 4.78 is 16.6. The monoisotopic (exact) mass is 709 g/mol. The van der Waals surface area contributed by atoms with Crippen LogP contribution in [0.2, 0.25) is 0 Å². The number of carbonyl (C=O) groups is 3. The molecule has 0 amide bonds. The van der Waals surface area contributed by atoms with Crippen LogP contribution in [0, 0.1) is 5.92 Å². The lowest BCUT2D eigenvalue weighted by molar-refractivity contribution is -0.167. The van der Waals surface area contributed by atoms with Gasteiger partial charge >= 0.3 is 17.9 Å². The van der Waals surface area contributed by atoms with Gasteiger partial charge in [0.2, 0.25) is 0 Å². The third-order valence-corrected chi connectivity index (χ3v) is 9.79. The Bertz CT molecular complexity index is 751. The molecule has 0 aliphatic carbocycles. The second-order valence-corrected chi connectivity index (χ2v) is 15.5.